The summed E-state index contributed by atoms with van der Waals surface area (Å²) in [6.45, 7) is 5.38. The second-order valence-electron chi connectivity index (χ2n) is 5.97. The number of hydrogen-bond acceptors (Lipinski definition) is 3. The molecule has 0 fully saturated rings. The number of carbonyl (C=O) groups excluding carboxylic acids is 2. The first kappa shape index (κ1) is 16.2. The zero-order valence-corrected chi connectivity index (χ0v) is 13.9. The first-order valence-electron chi connectivity index (χ1n) is 8.11. The Hall–Kier alpha value is -2.66. The maximum absolute atomic E-state index is 12.5. The normalized spacial score (nSPS) is 12.6. The van der Waals surface area contributed by atoms with Gasteiger partial charge in [0.15, 0.2) is 0 Å². The van der Waals surface area contributed by atoms with Crippen LogP contribution in [-0.4, -0.2) is 11.8 Å². The number of nitrogens with one attached hydrogen (secondary N) is 3. The van der Waals surface area contributed by atoms with Gasteiger partial charge in [0.1, 0.15) is 0 Å². The Morgan fingerprint density at radius 2 is 1.83 bits per heavy atom. The van der Waals surface area contributed by atoms with Crippen molar-refractivity contribution in [3.05, 3.63) is 58.7 Å². The molecule has 1 aliphatic rings. The quantitative estimate of drug-likeness (QED) is 0.809. The summed E-state index contributed by atoms with van der Waals surface area (Å²) in [6, 6.07) is 11.3. The molecular weight excluding hydrogens is 302 g/mol. The number of amides is 2. The van der Waals surface area contributed by atoms with Gasteiger partial charge in [0, 0.05) is 36.4 Å². The van der Waals surface area contributed by atoms with Gasteiger partial charge in [-0.05, 0) is 47.9 Å². The van der Waals surface area contributed by atoms with Gasteiger partial charge in [0.05, 0.1) is 0 Å². The molecule has 0 radical (unpaired) electrons. The minimum atomic E-state index is -0.147. The van der Waals surface area contributed by atoms with Gasteiger partial charge in [-0.15, -0.1) is 0 Å². The maximum Gasteiger partial charge on any atom is 0.255 e. The third-order valence-corrected chi connectivity index (χ3v) is 4.19. The topological polar surface area (TPSA) is 70.2 Å². The molecule has 0 unspecified atom stereocenters. The van der Waals surface area contributed by atoms with E-state index in [1.165, 1.54) is 11.1 Å². The third kappa shape index (κ3) is 3.46. The monoisotopic (exact) mass is 323 g/mol. The predicted octanol–water partition coefficient (Wildman–Crippen LogP) is 3.20. The molecule has 0 saturated carbocycles. The zero-order chi connectivity index (χ0) is 17.1. The SMILES string of the molecule is CCC(=O)Nc1ccc(C)c(NC(=O)c2ccc3c(c2)CNC3)c1. The van der Waals surface area contributed by atoms with Crippen LogP contribution in [0.25, 0.3) is 0 Å². The van der Waals surface area contributed by atoms with E-state index in [0.717, 1.165) is 18.7 Å². The van der Waals surface area contributed by atoms with E-state index >= 15 is 0 Å². The fourth-order valence-corrected chi connectivity index (χ4v) is 2.71. The molecule has 3 N–H and O–H groups in total. The van der Waals surface area contributed by atoms with E-state index in [0.29, 0.717) is 23.4 Å². The summed E-state index contributed by atoms with van der Waals surface area (Å²) in [7, 11) is 0. The Bertz CT molecular complexity index is 799. The number of hydrogen-bond donors (Lipinski definition) is 3. The van der Waals surface area contributed by atoms with Gasteiger partial charge in [-0.25, -0.2) is 0 Å². The summed E-state index contributed by atoms with van der Waals surface area (Å²) >= 11 is 0. The minimum Gasteiger partial charge on any atom is -0.326 e. The Morgan fingerprint density at radius 1 is 1.04 bits per heavy atom. The van der Waals surface area contributed by atoms with E-state index in [2.05, 4.69) is 16.0 Å². The van der Waals surface area contributed by atoms with Crippen molar-refractivity contribution in [2.45, 2.75) is 33.4 Å². The molecule has 5 heteroatoms. The summed E-state index contributed by atoms with van der Waals surface area (Å²) < 4.78 is 0. The number of fused-ring (bicyclic) bond motifs is 1. The Morgan fingerprint density at radius 3 is 2.62 bits per heavy atom. The van der Waals surface area contributed by atoms with Gasteiger partial charge in [-0.1, -0.05) is 19.1 Å². The van der Waals surface area contributed by atoms with Crippen molar-refractivity contribution in [1.82, 2.24) is 5.32 Å². The fraction of sp³-hybridized carbons (Fsp3) is 0.263. The van der Waals surface area contributed by atoms with Gasteiger partial charge in [0.2, 0.25) is 5.91 Å². The first-order valence-corrected chi connectivity index (χ1v) is 8.11. The fourth-order valence-electron chi connectivity index (χ4n) is 2.71. The second kappa shape index (κ2) is 6.84. The summed E-state index contributed by atoms with van der Waals surface area (Å²) in [6.07, 6.45) is 0.415. The summed E-state index contributed by atoms with van der Waals surface area (Å²) in [5.41, 5.74) is 5.38. The molecule has 5 nitrogen and oxygen atoms in total. The molecule has 2 aromatic carbocycles. The molecule has 1 aliphatic heterocycles. The molecule has 2 amide bonds. The average molecular weight is 323 g/mol. The highest BCUT2D eigenvalue weighted by Gasteiger charge is 2.14. The Kier molecular flexibility index (Phi) is 4.62. The molecular formula is C19H21N3O2. The van der Waals surface area contributed by atoms with Gasteiger partial charge in [-0.3, -0.25) is 9.59 Å². The van der Waals surface area contributed by atoms with Crippen molar-refractivity contribution >= 4 is 23.2 Å². The van der Waals surface area contributed by atoms with Crippen molar-refractivity contribution in [3.63, 3.8) is 0 Å². The summed E-state index contributed by atoms with van der Waals surface area (Å²) in [5, 5.41) is 9.02. The molecule has 0 bridgehead atoms. The van der Waals surface area contributed by atoms with Crippen LogP contribution < -0.4 is 16.0 Å². The van der Waals surface area contributed by atoms with E-state index in [9.17, 15) is 9.59 Å². The van der Waals surface area contributed by atoms with Gasteiger partial charge in [-0.2, -0.15) is 0 Å². The lowest BCUT2D eigenvalue weighted by Gasteiger charge is -2.12. The van der Waals surface area contributed by atoms with E-state index < -0.39 is 0 Å². The number of carbonyl (C=O) groups is 2. The third-order valence-electron chi connectivity index (χ3n) is 4.19. The van der Waals surface area contributed by atoms with Crippen LogP contribution in [0.1, 0.15) is 40.4 Å². The Balaban J connectivity index is 1.78. The van der Waals surface area contributed by atoms with Crippen LogP contribution in [0.4, 0.5) is 11.4 Å². The molecule has 0 aliphatic carbocycles. The van der Waals surface area contributed by atoms with Crippen molar-refractivity contribution in [2.75, 3.05) is 10.6 Å². The van der Waals surface area contributed by atoms with Crippen LogP contribution in [0, 0.1) is 6.92 Å². The first-order chi connectivity index (χ1) is 11.6. The second-order valence-corrected chi connectivity index (χ2v) is 5.97. The number of aryl methyl sites for hydroxylation is 1. The van der Waals surface area contributed by atoms with Crippen LogP contribution in [0.5, 0.6) is 0 Å². The molecule has 0 atom stereocenters. The van der Waals surface area contributed by atoms with Crippen molar-refractivity contribution in [3.8, 4) is 0 Å². The molecule has 0 spiro atoms. The largest absolute Gasteiger partial charge is 0.326 e. The highest BCUT2D eigenvalue weighted by Crippen LogP contribution is 2.22. The minimum absolute atomic E-state index is 0.0535. The smallest absolute Gasteiger partial charge is 0.255 e. The molecule has 24 heavy (non-hydrogen) atoms. The number of anilines is 2. The number of rotatable bonds is 4. The lowest BCUT2D eigenvalue weighted by molar-refractivity contribution is -0.115. The average Bonchev–Trinajstić information content (AvgIpc) is 3.05. The van der Waals surface area contributed by atoms with Crippen molar-refractivity contribution in [2.24, 2.45) is 0 Å². The van der Waals surface area contributed by atoms with E-state index in [1.54, 1.807) is 13.0 Å². The lowest BCUT2D eigenvalue weighted by Crippen LogP contribution is -2.14. The van der Waals surface area contributed by atoms with Crippen molar-refractivity contribution < 1.29 is 9.59 Å². The Labute approximate surface area is 141 Å². The highest BCUT2D eigenvalue weighted by molar-refractivity contribution is 6.05. The molecule has 1 heterocycles. The van der Waals surface area contributed by atoms with Gasteiger partial charge < -0.3 is 16.0 Å². The molecule has 0 aromatic heterocycles. The predicted molar refractivity (Wildman–Crippen MR) is 95.0 cm³/mol. The van der Waals surface area contributed by atoms with Gasteiger partial charge in [0.25, 0.3) is 5.91 Å². The van der Waals surface area contributed by atoms with Crippen LogP contribution in [-0.2, 0) is 17.9 Å². The highest BCUT2D eigenvalue weighted by atomic mass is 16.2. The van der Waals surface area contributed by atoms with Gasteiger partial charge >= 0.3 is 0 Å². The van der Waals surface area contributed by atoms with Crippen LogP contribution in [0.2, 0.25) is 0 Å². The lowest BCUT2D eigenvalue weighted by atomic mass is 10.1. The summed E-state index contributed by atoms with van der Waals surface area (Å²) in [4.78, 5) is 24.1. The zero-order valence-electron chi connectivity index (χ0n) is 13.9. The van der Waals surface area contributed by atoms with Crippen LogP contribution >= 0.6 is 0 Å². The van der Waals surface area contributed by atoms with Crippen molar-refractivity contribution in [1.29, 1.82) is 0 Å². The van der Waals surface area contributed by atoms with Crippen LogP contribution in [0.15, 0.2) is 36.4 Å². The van der Waals surface area contributed by atoms with E-state index in [-0.39, 0.29) is 11.8 Å². The molecule has 0 saturated heterocycles. The molecule has 3 rings (SSSR count). The van der Waals surface area contributed by atoms with E-state index in [1.807, 2.05) is 37.3 Å². The number of benzene rings is 2. The van der Waals surface area contributed by atoms with E-state index in [4.69, 9.17) is 0 Å². The van der Waals surface area contributed by atoms with Crippen LogP contribution in [0.3, 0.4) is 0 Å². The standard InChI is InChI=1S/C19H21N3O2/c1-3-18(23)21-16-7-4-12(2)17(9-16)22-19(24)13-5-6-14-10-20-11-15(14)8-13/h4-9,20H,3,10-11H2,1-2H3,(H,21,23)(H,22,24). The molecule has 124 valence electrons. The summed E-state index contributed by atoms with van der Waals surface area (Å²) in [5.74, 6) is -0.200. The maximum atomic E-state index is 12.5. The molecule has 2 aromatic rings.